The van der Waals surface area contributed by atoms with Crippen LogP contribution in [0.25, 0.3) is 11.3 Å². The normalized spacial score (nSPS) is 19.2. The minimum Gasteiger partial charge on any atom is -0.389 e. The molecule has 1 saturated heterocycles. The third-order valence-electron chi connectivity index (χ3n) is 7.16. The van der Waals surface area contributed by atoms with Crippen molar-refractivity contribution in [1.82, 2.24) is 19.9 Å². The fourth-order valence-corrected chi connectivity index (χ4v) is 4.97. The first-order chi connectivity index (χ1) is 16.5. The summed E-state index contributed by atoms with van der Waals surface area (Å²) in [4.78, 5) is 30.8. The number of rotatable bonds is 4. The molecule has 1 unspecified atom stereocenters. The van der Waals surface area contributed by atoms with Crippen LogP contribution in [-0.2, 0) is 10.2 Å². The van der Waals surface area contributed by atoms with Crippen LogP contribution in [0, 0.1) is 0 Å². The fourth-order valence-electron chi connectivity index (χ4n) is 4.97. The van der Waals surface area contributed by atoms with Crippen molar-refractivity contribution < 1.29 is 14.6 Å². The highest BCUT2D eigenvalue weighted by atomic mass is 16.5. The van der Waals surface area contributed by atoms with E-state index in [-0.39, 0.29) is 11.3 Å². The van der Waals surface area contributed by atoms with E-state index in [9.17, 15) is 9.90 Å². The Morgan fingerprint density at radius 2 is 1.85 bits per heavy atom. The highest BCUT2D eigenvalue weighted by Gasteiger charge is 2.52. The topological polar surface area (TPSA) is 91.7 Å². The molecule has 174 valence electrons. The number of morpholine rings is 1. The molecule has 4 heterocycles. The standard InChI is InChI=1S/C26H27N5O3/c1-17(32)18-4-7-27-22(12-18)20-14-28-25(29-15-20)31-16-26(5-6-26)21-3-2-19(13-23(21)31)24(33)30-8-10-34-11-9-30/h2-4,7,12-15,17,32H,5-6,8-11,16H2,1H3. The maximum Gasteiger partial charge on any atom is 0.254 e. The van der Waals surface area contributed by atoms with Crippen LogP contribution in [0.5, 0.6) is 0 Å². The maximum absolute atomic E-state index is 13.1. The first kappa shape index (κ1) is 21.2. The summed E-state index contributed by atoms with van der Waals surface area (Å²) in [6.07, 6.45) is 6.95. The second kappa shape index (κ2) is 8.14. The van der Waals surface area contributed by atoms with E-state index in [2.05, 4.69) is 25.9 Å². The van der Waals surface area contributed by atoms with Crippen molar-refractivity contribution in [1.29, 1.82) is 0 Å². The van der Waals surface area contributed by atoms with E-state index in [4.69, 9.17) is 4.74 Å². The van der Waals surface area contributed by atoms with Crippen molar-refractivity contribution in [3.63, 3.8) is 0 Å². The molecule has 3 aromatic rings. The molecular formula is C26H27N5O3. The number of aliphatic hydroxyl groups is 1. The Kier molecular flexibility index (Phi) is 5.08. The van der Waals surface area contributed by atoms with Gasteiger partial charge in [-0.05, 0) is 55.2 Å². The van der Waals surface area contributed by atoms with Crippen molar-refractivity contribution in [3.05, 3.63) is 65.6 Å². The van der Waals surface area contributed by atoms with Crippen LogP contribution in [0.3, 0.4) is 0 Å². The summed E-state index contributed by atoms with van der Waals surface area (Å²) < 4.78 is 5.39. The molecule has 3 aliphatic rings. The molecule has 1 N–H and O–H groups in total. The van der Waals surface area contributed by atoms with Crippen LogP contribution in [0.2, 0.25) is 0 Å². The van der Waals surface area contributed by atoms with Gasteiger partial charge in [-0.25, -0.2) is 9.97 Å². The number of fused-ring (bicyclic) bond motifs is 2. The average molecular weight is 458 g/mol. The smallest absolute Gasteiger partial charge is 0.254 e. The summed E-state index contributed by atoms with van der Waals surface area (Å²) >= 11 is 0. The number of aromatic nitrogens is 3. The largest absolute Gasteiger partial charge is 0.389 e. The van der Waals surface area contributed by atoms with E-state index in [1.165, 1.54) is 5.56 Å². The predicted molar refractivity (Wildman–Crippen MR) is 127 cm³/mol. The van der Waals surface area contributed by atoms with Crippen LogP contribution in [-0.4, -0.2) is 63.7 Å². The van der Waals surface area contributed by atoms with Gasteiger partial charge >= 0.3 is 0 Å². The quantitative estimate of drug-likeness (QED) is 0.643. The number of benzene rings is 1. The molecule has 1 spiro atoms. The lowest BCUT2D eigenvalue weighted by molar-refractivity contribution is 0.0303. The van der Waals surface area contributed by atoms with Gasteiger partial charge in [0.1, 0.15) is 0 Å². The minimum atomic E-state index is -0.563. The van der Waals surface area contributed by atoms with Crippen molar-refractivity contribution in [2.45, 2.75) is 31.3 Å². The van der Waals surface area contributed by atoms with Gasteiger partial charge in [-0.15, -0.1) is 0 Å². The van der Waals surface area contributed by atoms with Gasteiger partial charge in [0.2, 0.25) is 5.95 Å². The Balaban J connectivity index is 1.31. The van der Waals surface area contributed by atoms with Crippen LogP contribution in [0.1, 0.15) is 47.4 Å². The van der Waals surface area contributed by atoms with Gasteiger partial charge in [-0.1, -0.05) is 6.07 Å². The summed E-state index contributed by atoms with van der Waals surface area (Å²) in [5.41, 5.74) is 5.47. The van der Waals surface area contributed by atoms with Crippen molar-refractivity contribution >= 4 is 17.5 Å². The SMILES string of the molecule is CC(O)c1ccnc(-c2cnc(N3CC4(CC4)c4ccc(C(=O)N5CCOCC5)cc43)nc2)c1. The Morgan fingerprint density at radius 3 is 2.56 bits per heavy atom. The Morgan fingerprint density at radius 1 is 1.09 bits per heavy atom. The first-order valence-electron chi connectivity index (χ1n) is 11.8. The van der Waals surface area contributed by atoms with E-state index in [1.807, 2.05) is 23.1 Å². The van der Waals surface area contributed by atoms with Crippen molar-refractivity contribution in [2.75, 3.05) is 37.7 Å². The number of anilines is 2. The van der Waals surface area contributed by atoms with E-state index >= 15 is 0 Å². The summed E-state index contributed by atoms with van der Waals surface area (Å²) in [5, 5.41) is 9.88. The minimum absolute atomic E-state index is 0.0446. The molecule has 0 radical (unpaired) electrons. The molecule has 1 amide bonds. The fraction of sp³-hybridized carbons (Fsp3) is 0.385. The van der Waals surface area contributed by atoms with Gasteiger partial charge in [0, 0.05) is 60.5 Å². The molecule has 2 aromatic heterocycles. The van der Waals surface area contributed by atoms with Gasteiger partial charge in [0.05, 0.1) is 25.0 Å². The Bertz CT molecular complexity index is 1230. The summed E-state index contributed by atoms with van der Waals surface area (Å²) in [7, 11) is 0. The number of ether oxygens (including phenoxy) is 1. The summed E-state index contributed by atoms with van der Waals surface area (Å²) in [6.45, 7) is 4.97. The lowest BCUT2D eigenvalue weighted by Crippen LogP contribution is -2.40. The second-order valence-electron chi connectivity index (χ2n) is 9.43. The number of aliphatic hydroxyl groups excluding tert-OH is 1. The maximum atomic E-state index is 13.1. The third-order valence-corrected chi connectivity index (χ3v) is 7.16. The molecule has 1 saturated carbocycles. The van der Waals surface area contributed by atoms with Gasteiger partial charge in [0.25, 0.3) is 5.91 Å². The van der Waals surface area contributed by atoms with Crippen LogP contribution in [0.4, 0.5) is 11.6 Å². The van der Waals surface area contributed by atoms with Crippen molar-refractivity contribution in [3.8, 4) is 11.3 Å². The zero-order valence-corrected chi connectivity index (χ0v) is 19.1. The molecule has 8 heteroatoms. The number of carbonyl (C=O) groups is 1. The first-order valence-corrected chi connectivity index (χ1v) is 11.8. The van der Waals surface area contributed by atoms with Gasteiger partial charge < -0.3 is 19.6 Å². The molecule has 1 atom stereocenters. The number of hydrogen-bond donors (Lipinski definition) is 1. The highest BCUT2D eigenvalue weighted by molar-refractivity contribution is 5.96. The van der Waals surface area contributed by atoms with Crippen LogP contribution in [0.15, 0.2) is 48.9 Å². The van der Waals surface area contributed by atoms with Crippen LogP contribution >= 0.6 is 0 Å². The lowest BCUT2D eigenvalue weighted by atomic mass is 9.97. The molecule has 2 fully saturated rings. The molecule has 34 heavy (non-hydrogen) atoms. The molecule has 1 aliphatic carbocycles. The summed E-state index contributed by atoms with van der Waals surface area (Å²) in [5.74, 6) is 0.666. The Hall–Kier alpha value is -3.36. The third kappa shape index (κ3) is 3.63. The number of nitrogens with zero attached hydrogens (tertiary/aromatic N) is 5. The zero-order chi connectivity index (χ0) is 23.3. The van der Waals surface area contributed by atoms with Gasteiger partial charge in [-0.3, -0.25) is 9.78 Å². The van der Waals surface area contributed by atoms with E-state index < -0.39 is 6.10 Å². The number of hydrogen-bond acceptors (Lipinski definition) is 7. The molecule has 6 rings (SSSR count). The lowest BCUT2D eigenvalue weighted by Gasteiger charge is -2.27. The average Bonchev–Trinajstić information content (AvgIpc) is 3.60. The van der Waals surface area contributed by atoms with E-state index in [0.29, 0.717) is 37.8 Å². The predicted octanol–water partition coefficient (Wildman–Crippen LogP) is 3.25. The van der Waals surface area contributed by atoms with Gasteiger partial charge in [0.15, 0.2) is 0 Å². The molecule has 1 aromatic carbocycles. The summed E-state index contributed by atoms with van der Waals surface area (Å²) in [6, 6.07) is 9.75. The second-order valence-corrected chi connectivity index (χ2v) is 9.43. The Labute approximate surface area is 198 Å². The molecule has 0 bridgehead atoms. The zero-order valence-electron chi connectivity index (χ0n) is 19.1. The number of carbonyl (C=O) groups excluding carboxylic acids is 1. The van der Waals surface area contributed by atoms with Gasteiger partial charge in [-0.2, -0.15) is 0 Å². The van der Waals surface area contributed by atoms with E-state index in [1.54, 1.807) is 31.6 Å². The number of pyridine rings is 1. The van der Waals surface area contributed by atoms with E-state index in [0.717, 1.165) is 41.9 Å². The monoisotopic (exact) mass is 457 g/mol. The highest BCUT2D eigenvalue weighted by Crippen LogP contribution is 2.57. The number of amides is 1. The van der Waals surface area contributed by atoms with Crippen molar-refractivity contribution in [2.24, 2.45) is 0 Å². The molecular weight excluding hydrogens is 430 g/mol. The molecule has 2 aliphatic heterocycles. The van der Waals surface area contributed by atoms with Crippen LogP contribution < -0.4 is 4.90 Å². The molecule has 8 nitrogen and oxygen atoms in total.